The lowest BCUT2D eigenvalue weighted by Gasteiger charge is -2.18. The lowest BCUT2D eigenvalue weighted by molar-refractivity contribution is 0.923. The van der Waals surface area contributed by atoms with E-state index in [1.807, 2.05) is 6.92 Å². The monoisotopic (exact) mass is 282 g/mol. The lowest BCUT2D eigenvalue weighted by atomic mass is 10.1. The SMILES string of the molecule is Cc1cc(N2CCCC2)nc(Nc2cccc(C)c2C)n1. The van der Waals surface area contributed by atoms with Crippen molar-refractivity contribution in [1.29, 1.82) is 0 Å². The van der Waals surface area contributed by atoms with E-state index in [2.05, 4.69) is 58.3 Å². The Morgan fingerprint density at radius 1 is 1.05 bits per heavy atom. The van der Waals surface area contributed by atoms with Crippen LogP contribution in [0.5, 0.6) is 0 Å². The van der Waals surface area contributed by atoms with Gasteiger partial charge in [-0.05, 0) is 50.8 Å². The van der Waals surface area contributed by atoms with Gasteiger partial charge in [-0.15, -0.1) is 0 Å². The highest BCUT2D eigenvalue weighted by molar-refractivity contribution is 5.61. The summed E-state index contributed by atoms with van der Waals surface area (Å²) >= 11 is 0. The summed E-state index contributed by atoms with van der Waals surface area (Å²) in [5, 5.41) is 3.37. The molecule has 4 nitrogen and oxygen atoms in total. The largest absolute Gasteiger partial charge is 0.356 e. The fraction of sp³-hybridized carbons (Fsp3) is 0.412. The molecule has 0 unspecified atom stereocenters. The molecule has 4 heteroatoms. The maximum Gasteiger partial charge on any atom is 0.229 e. The van der Waals surface area contributed by atoms with Crippen LogP contribution in [0.1, 0.15) is 29.7 Å². The molecule has 0 saturated carbocycles. The molecular weight excluding hydrogens is 260 g/mol. The van der Waals surface area contributed by atoms with Crippen molar-refractivity contribution in [3.05, 3.63) is 41.1 Å². The van der Waals surface area contributed by atoms with Crippen molar-refractivity contribution in [3.8, 4) is 0 Å². The number of hydrogen-bond acceptors (Lipinski definition) is 4. The number of anilines is 3. The first-order chi connectivity index (χ1) is 10.1. The van der Waals surface area contributed by atoms with Crippen LogP contribution in [0.15, 0.2) is 24.3 Å². The average molecular weight is 282 g/mol. The second kappa shape index (κ2) is 5.72. The van der Waals surface area contributed by atoms with Gasteiger partial charge in [0, 0.05) is 30.5 Å². The van der Waals surface area contributed by atoms with Gasteiger partial charge in [-0.3, -0.25) is 0 Å². The molecule has 110 valence electrons. The number of benzene rings is 1. The molecule has 1 N–H and O–H groups in total. The predicted molar refractivity (Wildman–Crippen MR) is 87.4 cm³/mol. The number of hydrogen-bond donors (Lipinski definition) is 1. The Balaban J connectivity index is 1.89. The molecule has 0 spiro atoms. The molecule has 1 saturated heterocycles. The molecule has 1 aliphatic heterocycles. The number of nitrogens with zero attached hydrogens (tertiary/aromatic N) is 3. The molecule has 1 aliphatic rings. The smallest absolute Gasteiger partial charge is 0.229 e. The van der Waals surface area contributed by atoms with E-state index in [-0.39, 0.29) is 0 Å². The van der Waals surface area contributed by atoms with Crippen LogP contribution in [0.3, 0.4) is 0 Å². The first kappa shape index (κ1) is 13.9. The Morgan fingerprint density at radius 2 is 1.81 bits per heavy atom. The number of aromatic nitrogens is 2. The zero-order valence-corrected chi connectivity index (χ0v) is 13.0. The third-order valence-electron chi connectivity index (χ3n) is 4.12. The van der Waals surface area contributed by atoms with Crippen LogP contribution >= 0.6 is 0 Å². The van der Waals surface area contributed by atoms with E-state index >= 15 is 0 Å². The van der Waals surface area contributed by atoms with Crippen molar-refractivity contribution in [2.75, 3.05) is 23.3 Å². The maximum atomic E-state index is 4.69. The van der Waals surface area contributed by atoms with Gasteiger partial charge in [-0.2, -0.15) is 4.98 Å². The van der Waals surface area contributed by atoms with Crippen LogP contribution < -0.4 is 10.2 Å². The molecule has 0 aliphatic carbocycles. The van der Waals surface area contributed by atoms with Gasteiger partial charge in [0.15, 0.2) is 0 Å². The molecule has 3 rings (SSSR count). The molecule has 0 atom stereocenters. The van der Waals surface area contributed by atoms with Crippen LogP contribution in [0, 0.1) is 20.8 Å². The standard InChI is InChI=1S/C17H22N4/c1-12-7-6-8-15(14(12)3)19-17-18-13(2)11-16(20-17)21-9-4-5-10-21/h6-8,11H,4-5,9-10H2,1-3H3,(H,18,19,20). The Labute approximate surface area is 126 Å². The van der Waals surface area contributed by atoms with Crippen molar-refractivity contribution >= 4 is 17.5 Å². The van der Waals surface area contributed by atoms with E-state index in [1.54, 1.807) is 0 Å². The van der Waals surface area contributed by atoms with Crippen LogP contribution in [-0.4, -0.2) is 23.1 Å². The van der Waals surface area contributed by atoms with Crippen LogP contribution in [0.2, 0.25) is 0 Å². The fourth-order valence-corrected chi connectivity index (χ4v) is 2.72. The molecule has 0 bridgehead atoms. The molecule has 2 heterocycles. The minimum atomic E-state index is 0.686. The summed E-state index contributed by atoms with van der Waals surface area (Å²) < 4.78 is 0. The lowest BCUT2D eigenvalue weighted by Crippen LogP contribution is -2.19. The van der Waals surface area contributed by atoms with E-state index < -0.39 is 0 Å². The van der Waals surface area contributed by atoms with Crippen molar-refractivity contribution in [2.24, 2.45) is 0 Å². The van der Waals surface area contributed by atoms with E-state index in [1.165, 1.54) is 24.0 Å². The zero-order chi connectivity index (χ0) is 14.8. The highest BCUT2D eigenvalue weighted by Crippen LogP contribution is 2.24. The molecule has 1 aromatic heterocycles. The predicted octanol–water partition coefficient (Wildman–Crippen LogP) is 3.75. The van der Waals surface area contributed by atoms with E-state index in [9.17, 15) is 0 Å². The topological polar surface area (TPSA) is 41.1 Å². The number of aryl methyl sites for hydroxylation is 2. The minimum Gasteiger partial charge on any atom is -0.356 e. The van der Waals surface area contributed by atoms with Gasteiger partial charge in [0.05, 0.1) is 0 Å². The van der Waals surface area contributed by atoms with Crippen LogP contribution in [0.25, 0.3) is 0 Å². The Bertz CT molecular complexity index is 645. The third kappa shape index (κ3) is 2.99. The average Bonchev–Trinajstić information content (AvgIpc) is 2.97. The summed E-state index contributed by atoms with van der Waals surface area (Å²) in [6.45, 7) is 8.45. The Kier molecular flexibility index (Phi) is 3.78. The van der Waals surface area contributed by atoms with E-state index in [0.717, 1.165) is 30.3 Å². The zero-order valence-electron chi connectivity index (χ0n) is 13.0. The second-order valence-electron chi connectivity index (χ2n) is 5.76. The first-order valence-corrected chi connectivity index (χ1v) is 7.57. The molecule has 0 amide bonds. The summed E-state index contributed by atoms with van der Waals surface area (Å²) in [5.41, 5.74) is 4.59. The summed E-state index contributed by atoms with van der Waals surface area (Å²) in [5.74, 6) is 1.72. The highest BCUT2D eigenvalue weighted by atomic mass is 15.2. The summed E-state index contributed by atoms with van der Waals surface area (Å²) in [6, 6.07) is 8.32. The van der Waals surface area contributed by atoms with E-state index in [4.69, 9.17) is 0 Å². The van der Waals surface area contributed by atoms with Crippen molar-refractivity contribution in [1.82, 2.24) is 9.97 Å². The van der Waals surface area contributed by atoms with Gasteiger partial charge in [0.2, 0.25) is 5.95 Å². The maximum absolute atomic E-state index is 4.69. The van der Waals surface area contributed by atoms with Gasteiger partial charge in [-0.1, -0.05) is 12.1 Å². The normalized spacial score (nSPS) is 14.5. The van der Waals surface area contributed by atoms with Gasteiger partial charge in [0.1, 0.15) is 5.82 Å². The molecule has 0 radical (unpaired) electrons. The summed E-state index contributed by atoms with van der Waals surface area (Å²) in [7, 11) is 0. The van der Waals surface area contributed by atoms with Crippen molar-refractivity contribution < 1.29 is 0 Å². The van der Waals surface area contributed by atoms with Crippen LogP contribution in [-0.2, 0) is 0 Å². The minimum absolute atomic E-state index is 0.686. The Hall–Kier alpha value is -2.10. The molecule has 1 fully saturated rings. The van der Waals surface area contributed by atoms with Gasteiger partial charge in [0.25, 0.3) is 0 Å². The highest BCUT2D eigenvalue weighted by Gasteiger charge is 2.15. The molecule has 1 aromatic carbocycles. The first-order valence-electron chi connectivity index (χ1n) is 7.57. The molecular formula is C17H22N4. The van der Waals surface area contributed by atoms with Gasteiger partial charge < -0.3 is 10.2 Å². The van der Waals surface area contributed by atoms with Crippen LogP contribution in [0.4, 0.5) is 17.5 Å². The number of nitrogens with one attached hydrogen (secondary N) is 1. The van der Waals surface area contributed by atoms with Gasteiger partial charge in [-0.25, -0.2) is 4.98 Å². The fourth-order valence-electron chi connectivity index (χ4n) is 2.72. The van der Waals surface area contributed by atoms with E-state index in [0.29, 0.717) is 5.95 Å². The number of rotatable bonds is 3. The van der Waals surface area contributed by atoms with Crippen molar-refractivity contribution in [2.45, 2.75) is 33.6 Å². The third-order valence-corrected chi connectivity index (χ3v) is 4.12. The molecule has 2 aromatic rings. The van der Waals surface area contributed by atoms with Gasteiger partial charge >= 0.3 is 0 Å². The summed E-state index contributed by atoms with van der Waals surface area (Å²) in [4.78, 5) is 11.5. The Morgan fingerprint density at radius 3 is 2.57 bits per heavy atom. The quantitative estimate of drug-likeness (QED) is 0.931. The second-order valence-corrected chi connectivity index (χ2v) is 5.76. The summed E-state index contributed by atoms with van der Waals surface area (Å²) in [6.07, 6.45) is 2.51. The van der Waals surface area contributed by atoms with Crippen molar-refractivity contribution in [3.63, 3.8) is 0 Å². The molecule has 21 heavy (non-hydrogen) atoms.